The zero-order valence-corrected chi connectivity index (χ0v) is 17.8. The highest BCUT2D eigenvalue weighted by Gasteiger charge is 2.13. The van der Waals surface area contributed by atoms with Gasteiger partial charge in [0.05, 0.1) is 18.0 Å². The third-order valence-electron chi connectivity index (χ3n) is 4.61. The van der Waals surface area contributed by atoms with Crippen molar-refractivity contribution < 1.29 is 4.79 Å². The van der Waals surface area contributed by atoms with Gasteiger partial charge in [0.1, 0.15) is 0 Å². The third kappa shape index (κ3) is 5.35. The molecule has 0 unspecified atom stereocenters. The Labute approximate surface area is 175 Å². The minimum atomic E-state index is -0.0613. The second-order valence-electron chi connectivity index (χ2n) is 6.47. The Morgan fingerprint density at radius 3 is 2.52 bits per heavy atom. The Morgan fingerprint density at radius 2 is 1.86 bits per heavy atom. The summed E-state index contributed by atoms with van der Waals surface area (Å²) in [7, 11) is 1.92. The van der Waals surface area contributed by atoms with E-state index in [-0.39, 0.29) is 11.7 Å². The van der Waals surface area contributed by atoms with Crippen LogP contribution in [0.1, 0.15) is 19.5 Å². The smallest absolute Gasteiger partial charge is 0.230 e. The van der Waals surface area contributed by atoms with E-state index in [1.54, 1.807) is 6.20 Å². The van der Waals surface area contributed by atoms with Gasteiger partial charge in [-0.25, -0.2) is 0 Å². The number of hydrogen-bond donors (Lipinski definition) is 1. The first-order valence-electron chi connectivity index (χ1n) is 9.66. The van der Waals surface area contributed by atoms with Crippen LogP contribution < -0.4 is 10.2 Å². The fourth-order valence-corrected chi connectivity index (χ4v) is 3.72. The van der Waals surface area contributed by atoms with Crippen molar-refractivity contribution >= 4 is 23.4 Å². The van der Waals surface area contributed by atoms with Crippen molar-refractivity contribution in [1.82, 2.24) is 25.1 Å². The fourth-order valence-electron chi connectivity index (χ4n) is 2.98. The first-order chi connectivity index (χ1) is 14.1. The molecule has 0 atom stereocenters. The van der Waals surface area contributed by atoms with Crippen molar-refractivity contribution in [1.29, 1.82) is 0 Å². The number of nitrogens with zero attached hydrogens (tertiary/aromatic N) is 5. The van der Waals surface area contributed by atoms with Gasteiger partial charge in [0.15, 0.2) is 11.0 Å². The summed E-state index contributed by atoms with van der Waals surface area (Å²) in [5, 5.41) is 12.1. The van der Waals surface area contributed by atoms with E-state index in [9.17, 15) is 4.79 Å². The van der Waals surface area contributed by atoms with E-state index in [0.717, 1.165) is 30.2 Å². The van der Waals surface area contributed by atoms with Crippen LogP contribution in [0.4, 0.5) is 5.69 Å². The van der Waals surface area contributed by atoms with Crippen LogP contribution in [0.2, 0.25) is 0 Å². The summed E-state index contributed by atoms with van der Waals surface area (Å²) in [6.07, 6.45) is 1.71. The molecule has 0 saturated heterocycles. The minimum Gasteiger partial charge on any atom is -0.372 e. The number of aromatic nitrogens is 4. The Bertz CT molecular complexity index is 922. The van der Waals surface area contributed by atoms with E-state index in [1.807, 2.05) is 29.8 Å². The molecule has 1 amide bonds. The number of benzene rings is 1. The number of thioether (sulfide) groups is 1. The van der Waals surface area contributed by atoms with Gasteiger partial charge in [0.25, 0.3) is 0 Å². The summed E-state index contributed by atoms with van der Waals surface area (Å²) in [5.74, 6) is 1.00. The molecule has 1 N–H and O–H groups in total. The van der Waals surface area contributed by atoms with Crippen LogP contribution in [-0.4, -0.2) is 44.5 Å². The number of carbonyl (C=O) groups excluding carboxylic acids is 1. The van der Waals surface area contributed by atoms with Gasteiger partial charge in [0, 0.05) is 37.6 Å². The summed E-state index contributed by atoms with van der Waals surface area (Å²) >= 11 is 1.37. The van der Waals surface area contributed by atoms with Gasteiger partial charge in [-0.15, -0.1) is 10.2 Å². The van der Waals surface area contributed by atoms with Crippen molar-refractivity contribution in [2.24, 2.45) is 7.05 Å². The maximum Gasteiger partial charge on any atom is 0.230 e. The van der Waals surface area contributed by atoms with Gasteiger partial charge in [0.2, 0.25) is 5.91 Å². The van der Waals surface area contributed by atoms with E-state index in [0.29, 0.717) is 11.7 Å². The highest BCUT2D eigenvalue weighted by atomic mass is 32.2. The molecule has 3 rings (SSSR count). The SMILES string of the molecule is CCN(CC)c1ccc(-c2nnc(SCC(=O)NCc3ccccn3)n2C)cc1. The number of carbonyl (C=O) groups is 1. The Kier molecular flexibility index (Phi) is 7.24. The molecule has 0 aliphatic heterocycles. The average molecular weight is 411 g/mol. The minimum absolute atomic E-state index is 0.0613. The Balaban J connectivity index is 1.58. The Hall–Kier alpha value is -2.87. The molecular weight excluding hydrogens is 384 g/mol. The standard InChI is InChI=1S/C21H26N6OS/c1-4-27(5-2)18-11-9-16(10-12-18)20-24-25-21(26(20)3)29-15-19(28)23-14-17-8-6-7-13-22-17/h6-13H,4-5,14-15H2,1-3H3,(H,23,28). The monoisotopic (exact) mass is 410 g/mol. The normalized spacial score (nSPS) is 10.7. The number of pyridine rings is 1. The largest absolute Gasteiger partial charge is 0.372 e. The molecule has 1 aromatic carbocycles. The highest BCUT2D eigenvalue weighted by molar-refractivity contribution is 7.99. The van der Waals surface area contributed by atoms with Gasteiger partial charge >= 0.3 is 0 Å². The molecule has 0 bridgehead atoms. The predicted octanol–water partition coefficient (Wildman–Crippen LogP) is 3.13. The van der Waals surface area contributed by atoms with Crippen LogP contribution in [-0.2, 0) is 18.4 Å². The zero-order chi connectivity index (χ0) is 20.6. The van der Waals surface area contributed by atoms with E-state index >= 15 is 0 Å². The molecule has 0 spiro atoms. The van der Waals surface area contributed by atoms with Gasteiger partial charge in [-0.2, -0.15) is 0 Å². The van der Waals surface area contributed by atoms with Crippen LogP contribution in [0.3, 0.4) is 0 Å². The van der Waals surface area contributed by atoms with E-state index in [2.05, 4.69) is 63.5 Å². The second kappa shape index (κ2) is 10.1. The van der Waals surface area contributed by atoms with Gasteiger partial charge < -0.3 is 14.8 Å². The molecule has 2 aromatic heterocycles. The van der Waals surface area contributed by atoms with Crippen LogP contribution in [0.25, 0.3) is 11.4 Å². The molecule has 7 nitrogen and oxygen atoms in total. The second-order valence-corrected chi connectivity index (χ2v) is 7.41. The summed E-state index contributed by atoms with van der Waals surface area (Å²) in [6.45, 7) is 6.67. The van der Waals surface area contributed by atoms with E-state index in [4.69, 9.17) is 0 Å². The molecule has 152 valence electrons. The fraction of sp³-hybridized carbons (Fsp3) is 0.333. The first kappa shape index (κ1) is 20.9. The number of hydrogen-bond acceptors (Lipinski definition) is 6. The average Bonchev–Trinajstić information content (AvgIpc) is 3.13. The number of amides is 1. The zero-order valence-electron chi connectivity index (χ0n) is 17.0. The lowest BCUT2D eigenvalue weighted by Crippen LogP contribution is -2.25. The summed E-state index contributed by atoms with van der Waals surface area (Å²) in [5.41, 5.74) is 3.03. The molecule has 8 heteroatoms. The quantitative estimate of drug-likeness (QED) is 0.546. The number of anilines is 1. The summed E-state index contributed by atoms with van der Waals surface area (Å²) in [4.78, 5) is 18.6. The maximum atomic E-state index is 12.1. The maximum absolute atomic E-state index is 12.1. The lowest BCUT2D eigenvalue weighted by Gasteiger charge is -2.21. The van der Waals surface area contributed by atoms with Crippen molar-refractivity contribution in [2.45, 2.75) is 25.5 Å². The lowest BCUT2D eigenvalue weighted by molar-refractivity contribution is -0.118. The summed E-state index contributed by atoms with van der Waals surface area (Å²) in [6, 6.07) is 14.0. The molecule has 0 fully saturated rings. The summed E-state index contributed by atoms with van der Waals surface area (Å²) < 4.78 is 1.92. The van der Waals surface area contributed by atoms with Gasteiger partial charge in [-0.3, -0.25) is 9.78 Å². The Morgan fingerprint density at radius 1 is 1.10 bits per heavy atom. The number of rotatable bonds is 9. The van der Waals surface area contributed by atoms with Crippen LogP contribution >= 0.6 is 11.8 Å². The van der Waals surface area contributed by atoms with Gasteiger partial charge in [-0.05, 0) is 50.2 Å². The first-order valence-corrected chi connectivity index (χ1v) is 10.6. The molecular formula is C21H26N6OS. The van der Waals surface area contributed by atoms with Crippen molar-refractivity contribution in [2.75, 3.05) is 23.7 Å². The topological polar surface area (TPSA) is 75.9 Å². The molecule has 0 aliphatic rings. The molecule has 0 radical (unpaired) electrons. The predicted molar refractivity (Wildman–Crippen MR) is 117 cm³/mol. The van der Waals surface area contributed by atoms with Gasteiger partial charge in [-0.1, -0.05) is 17.8 Å². The van der Waals surface area contributed by atoms with Crippen molar-refractivity contribution in [3.8, 4) is 11.4 Å². The van der Waals surface area contributed by atoms with Crippen LogP contribution in [0.15, 0.2) is 53.8 Å². The van der Waals surface area contributed by atoms with Crippen LogP contribution in [0, 0.1) is 0 Å². The molecule has 0 aliphatic carbocycles. The molecule has 2 heterocycles. The lowest BCUT2D eigenvalue weighted by atomic mass is 10.2. The van der Waals surface area contributed by atoms with Crippen LogP contribution in [0.5, 0.6) is 0 Å². The van der Waals surface area contributed by atoms with E-state index in [1.165, 1.54) is 17.4 Å². The molecule has 3 aromatic rings. The highest BCUT2D eigenvalue weighted by Crippen LogP contribution is 2.25. The van der Waals surface area contributed by atoms with Crippen molar-refractivity contribution in [3.63, 3.8) is 0 Å². The molecule has 0 saturated carbocycles. The third-order valence-corrected chi connectivity index (χ3v) is 5.63. The molecule has 29 heavy (non-hydrogen) atoms. The van der Waals surface area contributed by atoms with E-state index < -0.39 is 0 Å². The van der Waals surface area contributed by atoms with Crippen molar-refractivity contribution in [3.05, 3.63) is 54.4 Å². The number of nitrogens with one attached hydrogen (secondary N) is 1.